The number of rotatable bonds is 5. The Hall–Kier alpha value is -1.30. The van der Waals surface area contributed by atoms with E-state index >= 15 is 0 Å². The predicted octanol–water partition coefficient (Wildman–Crippen LogP) is 1.33. The molecule has 0 fully saturated rings. The van der Waals surface area contributed by atoms with Gasteiger partial charge >= 0.3 is 5.97 Å². The van der Waals surface area contributed by atoms with Gasteiger partial charge in [-0.25, -0.2) is 4.68 Å². The van der Waals surface area contributed by atoms with Gasteiger partial charge in [-0.3, -0.25) is 4.79 Å². The van der Waals surface area contributed by atoms with E-state index in [1.54, 1.807) is 7.05 Å². The van der Waals surface area contributed by atoms with Crippen molar-refractivity contribution in [3.05, 3.63) is 22.8 Å². The smallest absolute Gasteiger partial charge is 0.308 e. The second-order valence-electron chi connectivity index (χ2n) is 2.98. The van der Waals surface area contributed by atoms with Crippen LogP contribution in [0.25, 0.3) is 0 Å². The van der Waals surface area contributed by atoms with E-state index in [2.05, 4.69) is 27.6 Å². The van der Waals surface area contributed by atoms with Gasteiger partial charge in [0.25, 0.3) is 0 Å². The van der Waals surface area contributed by atoms with Crippen LogP contribution in [-0.2, 0) is 18.3 Å². The molecule has 0 atom stereocenters. The van der Waals surface area contributed by atoms with Crippen LogP contribution in [-0.4, -0.2) is 27.5 Å². The van der Waals surface area contributed by atoms with Crippen molar-refractivity contribution >= 4 is 21.9 Å². The molecule has 1 heterocycles. The monoisotopic (exact) mass is 274 g/mol. The maximum atomic E-state index is 10.5. The molecule has 1 rings (SSSR count). The van der Waals surface area contributed by atoms with Gasteiger partial charge in [0.2, 0.25) is 5.88 Å². The summed E-state index contributed by atoms with van der Waals surface area (Å²) in [7, 11) is 1.69. The summed E-state index contributed by atoms with van der Waals surface area (Å²) in [5.41, 5.74) is 0.554. The Balaban J connectivity index is 2.79. The number of aryl methyl sites for hydroxylation is 1. The number of carboxylic acids is 1. The summed E-state index contributed by atoms with van der Waals surface area (Å²) in [5.74, 6) is -0.455. The van der Waals surface area contributed by atoms with E-state index in [0.29, 0.717) is 15.9 Å². The topological polar surface area (TPSA) is 64.3 Å². The zero-order chi connectivity index (χ0) is 11.4. The first-order valence-corrected chi connectivity index (χ1v) is 4.98. The quantitative estimate of drug-likeness (QED) is 0.880. The standard InChI is InChI=1S/C9H11BrN2O3/c1-6(10)5-15-9-7(3-8(13)14)4-11-12(9)2/h4H,1,3,5H2,2H3,(H,13,14). The second-order valence-corrected chi connectivity index (χ2v) is 4.10. The van der Waals surface area contributed by atoms with Gasteiger partial charge in [-0.05, 0) is 0 Å². The molecular weight excluding hydrogens is 264 g/mol. The fourth-order valence-electron chi connectivity index (χ4n) is 1.09. The molecule has 6 heteroatoms. The number of carboxylic acid groups (broad SMARTS) is 1. The summed E-state index contributed by atoms with van der Waals surface area (Å²) in [4.78, 5) is 10.5. The Kier molecular flexibility index (Phi) is 3.90. The van der Waals surface area contributed by atoms with Gasteiger partial charge in [-0.1, -0.05) is 22.5 Å². The van der Waals surface area contributed by atoms with Crippen LogP contribution in [0.2, 0.25) is 0 Å². The minimum absolute atomic E-state index is 0.0993. The third-order valence-electron chi connectivity index (χ3n) is 1.66. The average molecular weight is 275 g/mol. The largest absolute Gasteiger partial charge is 0.481 e. The Labute approximate surface area is 95.5 Å². The number of hydrogen-bond donors (Lipinski definition) is 1. The zero-order valence-electron chi connectivity index (χ0n) is 8.23. The highest BCUT2D eigenvalue weighted by Crippen LogP contribution is 2.18. The summed E-state index contributed by atoms with van der Waals surface area (Å²) >= 11 is 3.15. The fraction of sp³-hybridized carbons (Fsp3) is 0.333. The number of ether oxygens (including phenoxy) is 1. The molecule has 1 aromatic heterocycles. The molecule has 15 heavy (non-hydrogen) atoms. The SMILES string of the molecule is C=C(Br)COc1c(CC(=O)O)cnn1C. The van der Waals surface area contributed by atoms with Gasteiger partial charge in [0.15, 0.2) is 0 Å². The molecule has 0 aromatic carbocycles. The molecule has 0 aliphatic carbocycles. The van der Waals surface area contributed by atoms with E-state index in [-0.39, 0.29) is 13.0 Å². The lowest BCUT2D eigenvalue weighted by atomic mass is 10.2. The van der Waals surface area contributed by atoms with Crippen molar-refractivity contribution in [3.63, 3.8) is 0 Å². The van der Waals surface area contributed by atoms with E-state index in [1.807, 2.05) is 0 Å². The van der Waals surface area contributed by atoms with Gasteiger partial charge in [-0.2, -0.15) is 5.10 Å². The molecular formula is C9H11BrN2O3. The second kappa shape index (κ2) is 4.97. The van der Waals surface area contributed by atoms with Crippen LogP contribution in [0.1, 0.15) is 5.56 Å². The van der Waals surface area contributed by atoms with Gasteiger partial charge in [0, 0.05) is 17.1 Å². The van der Waals surface area contributed by atoms with Crippen LogP contribution < -0.4 is 4.74 Å². The molecule has 0 saturated heterocycles. The first kappa shape index (κ1) is 11.8. The van der Waals surface area contributed by atoms with Crippen molar-refractivity contribution < 1.29 is 14.6 Å². The summed E-state index contributed by atoms with van der Waals surface area (Å²) in [6, 6.07) is 0. The summed E-state index contributed by atoms with van der Waals surface area (Å²) in [6.45, 7) is 3.90. The number of aromatic nitrogens is 2. The summed E-state index contributed by atoms with van der Waals surface area (Å²) in [5, 5.41) is 12.6. The van der Waals surface area contributed by atoms with Crippen molar-refractivity contribution in [1.29, 1.82) is 0 Å². The van der Waals surface area contributed by atoms with Crippen LogP contribution in [0.4, 0.5) is 0 Å². The molecule has 0 radical (unpaired) electrons. The predicted molar refractivity (Wildman–Crippen MR) is 58.1 cm³/mol. The highest BCUT2D eigenvalue weighted by Gasteiger charge is 2.13. The molecule has 0 bridgehead atoms. The van der Waals surface area contributed by atoms with Crippen molar-refractivity contribution in [2.45, 2.75) is 6.42 Å². The van der Waals surface area contributed by atoms with E-state index < -0.39 is 5.97 Å². The number of carbonyl (C=O) groups is 1. The molecule has 0 unspecified atom stereocenters. The number of aliphatic carboxylic acids is 1. The van der Waals surface area contributed by atoms with E-state index in [9.17, 15) is 4.79 Å². The first-order chi connectivity index (χ1) is 7.00. The van der Waals surface area contributed by atoms with Crippen LogP contribution in [0, 0.1) is 0 Å². The highest BCUT2D eigenvalue weighted by molar-refractivity contribution is 9.11. The van der Waals surface area contributed by atoms with Gasteiger partial charge in [0.1, 0.15) is 6.61 Å². The Morgan fingerprint density at radius 2 is 2.47 bits per heavy atom. The molecule has 0 spiro atoms. The lowest BCUT2D eigenvalue weighted by Crippen LogP contribution is -2.06. The van der Waals surface area contributed by atoms with Crippen molar-refractivity contribution in [2.24, 2.45) is 7.05 Å². The maximum Gasteiger partial charge on any atom is 0.308 e. The van der Waals surface area contributed by atoms with Gasteiger partial charge in [0.05, 0.1) is 12.6 Å². The van der Waals surface area contributed by atoms with Crippen LogP contribution in [0.3, 0.4) is 0 Å². The number of halogens is 1. The third kappa shape index (κ3) is 3.39. The molecule has 0 saturated carbocycles. The molecule has 1 N–H and O–H groups in total. The fourth-order valence-corrected chi connectivity index (χ4v) is 1.20. The Bertz CT molecular complexity index is 387. The summed E-state index contributed by atoms with van der Waals surface area (Å²) < 4.78 is 7.54. The van der Waals surface area contributed by atoms with E-state index in [0.717, 1.165) is 0 Å². The first-order valence-electron chi connectivity index (χ1n) is 4.19. The molecule has 0 aliphatic rings. The molecule has 82 valence electrons. The summed E-state index contributed by atoms with van der Waals surface area (Å²) in [6.07, 6.45) is 1.39. The highest BCUT2D eigenvalue weighted by atomic mass is 79.9. The van der Waals surface area contributed by atoms with Crippen LogP contribution in [0.5, 0.6) is 5.88 Å². The lowest BCUT2D eigenvalue weighted by Gasteiger charge is -2.06. The molecule has 0 amide bonds. The van der Waals surface area contributed by atoms with Crippen LogP contribution in [0.15, 0.2) is 17.3 Å². The van der Waals surface area contributed by atoms with Gasteiger partial charge < -0.3 is 9.84 Å². The Morgan fingerprint density at radius 3 is 3.00 bits per heavy atom. The zero-order valence-corrected chi connectivity index (χ0v) is 9.82. The normalized spacial score (nSPS) is 10.0. The van der Waals surface area contributed by atoms with Gasteiger partial charge in [-0.15, -0.1) is 0 Å². The lowest BCUT2D eigenvalue weighted by molar-refractivity contribution is -0.136. The van der Waals surface area contributed by atoms with Crippen LogP contribution >= 0.6 is 15.9 Å². The Morgan fingerprint density at radius 1 is 1.80 bits per heavy atom. The van der Waals surface area contributed by atoms with Crippen molar-refractivity contribution in [3.8, 4) is 5.88 Å². The van der Waals surface area contributed by atoms with E-state index in [1.165, 1.54) is 10.9 Å². The molecule has 0 aliphatic heterocycles. The molecule has 1 aromatic rings. The number of nitrogens with zero attached hydrogens (tertiary/aromatic N) is 2. The number of hydrogen-bond acceptors (Lipinski definition) is 3. The van der Waals surface area contributed by atoms with E-state index in [4.69, 9.17) is 9.84 Å². The average Bonchev–Trinajstić information content (AvgIpc) is 2.43. The van der Waals surface area contributed by atoms with Crippen molar-refractivity contribution in [2.75, 3.05) is 6.61 Å². The maximum absolute atomic E-state index is 10.5. The molecule has 5 nitrogen and oxygen atoms in total. The minimum Gasteiger partial charge on any atom is -0.481 e. The van der Waals surface area contributed by atoms with Crippen molar-refractivity contribution in [1.82, 2.24) is 9.78 Å². The third-order valence-corrected chi connectivity index (χ3v) is 1.89. The minimum atomic E-state index is -0.912.